The van der Waals surface area contributed by atoms with Gasteiger partial charge in [-0.15, -0.1) is 0 Å². The van der Waals surface area contributed by atoms with Crippen LogP contribution in [0.1, 0.15) is 44.9 Å². The second kappa shape index (κ2) is 6.97. The molecule has 2 rings (SSSR count). The Morgan fingerprint density at radius 1 is 1.18 bits per heavy atom. The molecule has 98 valence electrons. The maximum atomic E-state index is 11.7. The van der Waals surface area contributed by atoms with Gasteiger partial charge in [-0.1, -0.05) is 19.3 Å². The Bertz CT molecular complexity index is 234. The van der Waals surface area contributed by atoms with Crippen LogP contribution in [0.3, 0.4) is 0 Å². The number of hydrogen-bond acceptors (Lipinski definition) is 3. The molecule has 2 N–H and O–H groups in total. The number of rotatable bonds is 4. The summed E-state index contributed by atoms with van der Waals surface area (Å²) in [5, 5.41) is 6.32. The Hall–Kier alpha value is -0.610. The number of hydrogen-bond donors (Lipinski definition) is 2. The van der Waals surface area contributed by atoms with E-state index in [2.05, 4.69) is 10.6 Å². The molecule has 0 aromatic rings. The fourth-order valence-corrected chi connectivity index (χ4v) is 2.67. The number of piperidine rings is 1. The van der Waals surface area contributed by atoms with E-state index >= 15 is 0 Å². The Balaban J connectivity index is 1.59. The third-order valence-corrected chi connectivity index (χ3v) is 3.66. The van der Waals surface area contributed by atoms with Gasteiger partial charge in [0.1, 0.15) is 6.61 Å². The molecular formula is C13H24N2O2. The second-order valence-electron chi connectivity index (χ2n) is 5.18. The molecule has 0 spiro atoms. The Labute approximate surface area is 103 Å². The van der Waals surface area contributed by atoms with E-state index in [9.17, 15) is 4.79 Å². The fraction of sp³-hybridized carbons (Fsp3) is 0.923. The van der Waals surface area contributed by atoms with E-state index in [1.165, 1.54) is 19.3 Å². The first-order chi connectivity index (χ1) is 8.34. The average molecular weight is 240 g/mol. The standard InChI is InChI=1S/C13H24N2O2/c16-13(15-11-5-4-8-14-9-11)10-17-12-6-2-1-3-7-12/h11-12,14H,1-10H2,(H,15,16)/t11-/m0/s1. The summed E-state index contributed by atoms with van der Waals surface area (Å²) in [7, 11) is 0. The molecule has 1 saturated carbocycles. The van der Waals surface area contributed by atoms with E-state index in [0.717, 1.165) is 38.8 Å². The van der Waals surface area contributed by atoms with Gasteiger partial charge in [0.15, 0.2) is 0 Å². The van der Waals surface area contributed by atoms with Crippen LogP contribution in [0.25, 0.3) is 0 Å². The topological polar surface area (TPSA) is 50.4 Å². The molecule has 1 aliphatic carbocycles. The first-order valence-electron chi connectivity index (χ1n) is 6.96. The van der Waals surface area contributed by atoms with E-state index in [4.69, 9.17) is 4.74 Å². The van der Waals surface area contributed by atoms with Crippen LogP contribution < -0.4 is 10.6 Å². The average Bonchev–Trinajstić information content (AvgIpc) is 2.39. The van der Waals surface area contributed by atoms with Crippen molar-refractivity contribution in [3.05, 3.63) is 0 Å². The summed E-state index contributed by atoms with van der Waals surface area (Å²) in [5.41, 5.74) is 0. The van der Waals surface area contributed by atoms with E-state index < -0.39 is 0 Å². The zero-order chi connectivity index (χ0) is 11.9. The van der Waals surface area contributed by atoms with Crippen molar-refractivity contribution < 1.29 is 9.53 Å². The smallest absolute Gasteiger partial charge is 0.246 e. The quantitative estimate of drug-likeness (QED) is 0.776. The second-order valence-corrected chi connectivity index (χ2v) is 5.18. The van der Waals surface area contributed by atoms with Crippen LogP contribution in [-0.2, 0) is 9.53 Å². The van der Waals surface area contributed by atoms with Crippen LogP contribution in [0.15, 0.2) is 0 Å². The molecule has 0 radical (unpaired) electrons. The monoisotopic (exact) mass is 240 g/mol. The largest absolute Gasteiger partial charge is 0.368 e. The highest BCUT2D eigenvalue weighted by Gasteiger charge is 2.18. The molecule has 0 aromatic heterocycles. The van der Waals surface area contributed by atoms with Gasteiger partial charge in [-0.05, 0) is 32.2 Å². The molecule has 0 unspecified atom stereocenters. The number of ether oxygens (including phenoxy) is 1. The number of carbonyl (C=O) groups is 1. The van der Waals surface area contributed by atoms with E-state index in [1.54, 1.807) is 0 Å². The van der Waals surface area contributed by atoms with Crippen molar-refractivity contribution in [2.75, 3.05) is 19.7 Å². The lowest BCUT2D eigenvalue weighted by molar-refractivity contribution is -0.129. The zero-order valence-corrected chi connectivity index (χ0v) is 10.5. The minimum absolute atomic E-state index is 0.0456. The van der Waals surface area contributed by atoms with Crippen LogP contribution >= 0.6 is 0 Å². The van der Waals surface area contributed by atoms with Gasteiger partial charge in [0, 0.05) is 12.6 Å². The minimum atomic E-state index is 0.0456. The van der Waals surface area contributed by atoms with Crippen LogP contribution in [0, 0.1) is 0 Å². The first kappa shape index (κ1) is 12.8. The summed E-state index contributed by atoms with van der Waals surface area (Å²) in [6.45, 7) is 2.21. The molecular weight excluding hydrogens is 216 g/mol. The molecule has 1 atom stereocenters. The van der Waals surface area contributed by atoms with E-state index in [-0.39, 0.29) is 12.5 Å². The van der Waals surface area contributed by atoms with E-state index in [1.807, 2.05) is 0 Å². The lowest BCUT2D eigenvalue weighted by atomic mass is 9.98. The summed E-state index contributed by atoms with van der Waals surface area (Å²) in [6, 6.07) is 0.297. The number of nitrogens with one attached hydrogen (secondary N) is 2. The van der Waals surface area contributed by atoms with Gasteiger partial charge >= 0.3 is 0 Å². The molecule has 1 amide bonds. The summed E-state index contributed by atoms with van der Waals surface area (Å²) >= 11 is 0. The Morgan fingerprint density at radius 3 is 2.71 bits per heavy atom. The van der Waals surface area contributed by atoms with Crippen molar-refractivity contribution in [1.82, 2.24) is 10.6 Å². The third-order valence-electron chi connectivity index (χ3n) is 3.66. The van der Waals surface area contributed by atoms with Crippen LogP contribution in [0.5, 0.6) is 0 Å². The SMILES string of the molecule is O=C(COC1CCCCC1)N[C@H]1CCCNC1. The van der Waals surface area contributed by atoms with Crippen molar-refractivity contribution in [3.63, 3.8) is 0 Å². The van der Waals surface area contributed by atoms with Gasteiger partial charge in [0.2, 0.25) is 5.91 Å². The van der Waals surface area contributed by atoms with Crippen molar-refractivity contribution in [1.29, 1.82) is 0 Å². The van der Waals surface area contributed by atoms with Crippen LogP contribution in [0.4, 0.5) is 0 Å². The summed E-state index contributed by atoms with van der Waals surface area (Å²) in [5.74, 6) is 0.0456. The van der Waals surface area contributed by atoms with Gasteiger partial charge in [0.05, 0.1) is 6.10 Å². The highest BCUT2D eigenvalue weighted by Crippen LogP contribution is 2.19. The maximum absolute atomic E-state index is 11.7. The molecule has 4 nitrogen and oxygen atoms in total. The maximum Gasteiger partial charge on any atom is 0.246 e. The third kappa shape index (κ3) is 4.64. The van der Waals surface area contributed by atoms with Gasteiger partial charge in [-0.25, -0.2) is 0 Å². The van der Waals surface area contributed by atoms with Crippen molar-refractivity contribution >= 4 is 5.91 Å². The molecule has 1 saturated heterocycles. The fourth-order valence-electron chi connectivity index (χ4n) is 2.67. The van der Waals surface area contributed by atoms with Crippen molar-refractivity contribution in [3.8, 4) is 0 Å². The van der Waals surface area contributed by atoms with Crippen LogP contribution in [0.2, 0.25) is 0 Å². The first-order valence-corrected chi connectivity index (χ1v) is 6.96. The molecule has 1 aliphatic heterocycles. The van der Waals surface area contributed by atoms with Gasteiger partial charge in [0.25, 0.3) is 0 Å². The summed E-state index contributed by atoms with van der Waals surface area (Å²) < 4.78 is 5.65. The van der Waals surface area contributed by atoms with Crippen molar-refractivity contribution in [2.45, 2.75) is 57.1 Å². The minimum Gasteiger partial charge on any atom is -0.368 e. The zero-order valence-electron chi connectivity index (χ0n) is 10.5. The Morgan fingerprint density at radius 2 is 2.00 bits per heavy atom. The molecule has 4 heteroatoms. The van der Waals surface area contributed by atoms with Crippen LogP contribution in [-0.4, -0.2) is 37.7 Å². The lowest BCUT2D eigenvalue weighted by Gasteiger charge is -2.25. The highest BCUT2D eigenvalue weighted by molar-refractivity contribution is 5.77. The highest BCUT2D eigenvalue weighted by atomic mass is 16.5. The summed E-state index contributed by atoms with van der Waals surface area (Å²) in [4.78, 5) is 11.7. The molecule has 1 heterocycles. The number of amides is 1. The lowest BCUT2D eigenvalue weighted by Crippen LogP contribution is -2.47. The number of carbonyl (C=O) groups excluding carboxylic acids is 1. The molecule has 0 aromatic carbocycles. The predicted molar refractivity (Wildman–Crippen MR) is 66.9 cm³/mol. The van der Waals surface area contributed by atoms with Gasteiger partial charge in [-0.3, -0.25) is 4.79 Å². The van der Waals surface area contributed by atoms with Gasteiger partial charge in [-0.2, -0.15) is 0 Å². The normalized spacial score (nSPS) is 26.7. The molecule has 17 heavy (non-hydrogen) atoms. The van der Waals surface area contributed by atoms with E-state index in [0.29, 0.717) is 12.1 Å². The molecule has 2 fully saturated rings. The van der Waals surface area contributed by atoms with Crippen molar-refractivity contribution in [2.24, 2.45) is 0 Å². The molecule has 2 aliphatic rings. The van der Waals surface area contributed by atoms with Gasteiger partial charge < -0.3 is 15.4 Å². The molecule has 0 bridgehead atoms. The predicted octanol–water partition coefficient (Wildman–Crippen LogP) is 1.20. The summed E-state index contributed by atoms with van der Waals surface area (Å²) in [6.07, 6.45) is 8.61. The Kier molecular flexibility index (Phi) is 5.26.